The number of nitrogens with one attached hydrogen (secondary N) is 1. The number of anilines is 2. The molecule has 0 heterocycles. The van der Waals surface area contributed by atoms with Crippen molar-refractivity contribution in [1.29, 1.82) is 0 Å². The topological polar surface area (TPSA) is 58.6 Å². The number of esters is 1. The fourth-order valence-electron chi connectivity index (χ4n) is 1.95. The van der Waals surface area contributed by atoms with Crippen LogP contribution in [0.5, 0.6) is 0 Å². The van der Waals surface area contributed by atoms with Gasteiger partial charge in [-0.05, 0) is 42.5 Å². The van der Waals surface area contributed by atoms with Gasteiger partial charge in [-0.15, -0.1) is 11.8 Å². The highest BCUT2D eigenvalue weighted by molar-refractivity contribution is 8.00. The molecule has 0 aliphatic heterocycles. The van der Waals surface area contributed by atoms with Crippen molar-refractivity contribution >= 4 is 35.0 Å². The molecule has 0 bridgehead atoms. The van der Waals surface area contributed by atoms with Gasteiger partial charge in [0.05, 0.1) is 5.75 Å². The first-order valence-electron chi connectivity index (χ1n) is 7.66. The van der Waals surface area contributed by atoms with Crippen LogP contribution in [0.15, 0.2) is 47.4 Å². The minimum atomic E-state index is -0.697. The van der Waals surface area contributed by atoms with E-state index in [4.69, 9.17) is 4.74 Å². The molecule has 0 radical (unpaired) electrons. The minimum absolute atomic E-state index is 0.00684. The number of benzene rings is 2. The molecule has 0 fully saturated rings. The molecular formula is C18H18F2N2O3S. The first-order valence-corrected chi connectivity index (χ1v) is 8.64. The molecular weight excluding hydrogens is 362 g/mol. The Labute approximate surface area is 154 Å². The van der Waals surface area contributed by atoms with E-state index >= 15 is 0 Å². The Morgan fingerprint density at radius 2 is 1.81 bits per heavy atom. The second-order valence-electron chi connectivity index (χ2n) is 5.51. The van der Waals surface area contributed by atoms with Crippen LogP contribution < -0.4 is 10.2 Å². The highest BCUT2D eigenvalue weighted by atomic mass is 32.2. The third kappa shape index (κ3) is 6.03. The molecule has 26 heavy (non-hydrogen) atoms. The van der Waals surface area contributed by atoms with Crippen molar-refractivity contribution in [1.82, 2.24) is 0 Å². The van der Waals surface area contributed by atoms with E-state index in [9.17, 15) is 18.4 Å². The molecule has 0 aliphatic carbocycles. The normalized spacial score (nSPS) is 10.3. The second-order valence-corrected chi connectivity index (χ2v) is 6.53. The van der Waals surface area contributed by atoms with Gasteiger partial charge in [0.15, 0.2) is 6.61 Å². The standard InChI is InChI=1S/C18H18F2N2O3S/c1-22(2)14-6-4-13(5-7-14)21-17(23)10-25-18(24)11-26-16-9-12(19)3-8-15(16)20/h3-9H,10-11H2,1-2H3,(H,21,23). The summed E-state index contributed by atoms with van der Waals surface area (Å²) in [5, 5.41) is 2.60. The molecule has 2 aromatic carbocycles. The second kappa shape index (κ2) is 9.19. The number of amides is 1. The van der Waals surface area contributed by atoms with Crippen LogP contribution in [-0.4, -0.2) is 38.3 Å². The summed E-state index contributed by atoms with van der Waals surface area (Å²) in [6.45, 7) is -0.458. The SMILES string of the molecule is CN(C)c1ccc(NC(=O)COC(=O)CSc2cc(F)ccc2F)cc1. The van der Waals surface area contributed by atoms with Gasteiger partial charge in [0.25, 0.3) is 5.91 Å². The van der Waals surface area contributed by atoms with E-state index in [1.807, 2.05) is 31.1 Å². The van der Waals surface area contributed by atoms with Crippen molar-refractivity contribution in [2.45, 2.75) is 4.90 Å². The molecule has 2 rings (SSSR count). The predicted octanol–water partition coefficient (Wildman–Crippen LogP) is 3.30. The van der Waals surface area contributed by atoms with E-state index < -0.39 is 30.1 Å². The zero-order valence-corrected chi connectivity index (χ0v) is 15.1. The number of carbonyl (C=O) groups excluding carboxylic acids is 2. The third-order valence-electron chi connectivity index (χ3n) is 3.27. The molecule has 0 atom stereocenters. The van der Waals surface area contributed by atoms with E-state index in [1.54, 1.807) is 12.1 Å². The van der Waals surface area contributed by atoms with Crippen LogP contribution in [0.4, 0.5) is 20.2 Å². The number of hydrogen-bond donors (Lipinski definition) is 1. The van der Waals surface area contributed by atoms with E-state index in [1.165, 1.54) is 0 Å². The summed E-state index contributed by atoms with van der Waals surface area (Å²) in [5.41, 5.74) is 1.56. The average molecular weight is 380 g/mol. The lowest BCUT2D eigenvalue weighted by Gasteiger charge is -2.13. The summed E-state index contributed by atoms with van der Waals surface area (Å²) in [6.07, 6.45) is 0. The number of halogens is 2. The first-order chi connectivity index (χ1) is 12.3. The van der Waals surface area contributed by atoms with E-state index in [0.29, 0.717) is 5.69 Å². The van der Waals surface area contributed by atoms with Crippen LogP contribution in [0.2, 0.25) is 0 Å². The Hall–Kier alpha value is -2.61. The lowest BCUT2D eigenvalue weighted by molar-refractivity contribution is -0.144. The van der Waals surface area contributed by atoms with Gasteiger partial charge in [0.2, 0.25) is 0 Å². The van der Waals surface area contributed by atoms with Crippen LogP contribution in [0.3, 0.4) is 0 Å². The van der Waals surface area contributed by atoms with Gasteiger partial charge >= 0.3 is 5.97 Å². The summed E-state index contributed by atoms with van der Waals surface area (Å²) >= 11 is 0.803. The van der Waals surface area contributed by atoms with Gasteiger partial charge in [-0.3, -0.25) is 9.59 Å². The van der Waals surface area contributed by atoms with Crippen LogP contribution in [-0.2, 0) is 14.3 Å². The molecule has 0 spiro atoms. The smallest absolute Gasteiger partial charge is 0.316 e. The lowest BCUT2D eigenvalue weighted by Crippen LogP contribution is -2.21. The maximum Gasteiger partial charge on any atom is 0.316 e. The number of nitrogens with zero attached hydrogens (tertiary/aromatic N) is 1. The lowest BCUT2D eigenvalue weighted by atomic mass is 10.2. The van der Waals surface area contributed by atoms with Gasteiger partial charge in [-0.1, -0.05) is 0 Å². The molecule has 2 aromatic rings. The van der Waals surface area contributed by atoms with Crippen molar-refractivity contribution in [3.8, 4) is 0 Å². The Bertz CT molecular complexity index is 783. The molecule has 1 amide bonds. The maximum atomic E-state index is 13.4. The predicted molar refractivity (Wildman–Crippen MR) is 97.4 cm³/mol. The van der Waals surface area contributed by atoms with E-state index in [0.717, 1.165) is 35.6 Å². The Kier molecular flexibility index (Phi) is 6.97. The minimum Gasteiger partial charge on any atom is -0.455 e. The molecule has 0 saturated carbocycles. The third-order valence-corrected chi connectivity index (χ3v) is 4.27. The Morgan fingerprint density at radius 3 is 2.46 bits per heavy atom. The molecule has 0 unspecified atom stereocenters. The quantitative estimate of drug-likeness (QED) is 0.590. The number of carbonyl (C=O) groups is 2. The number of ether oxygens (including phenoxy) is 1. The zero-order valence-electron chi connectivity index (χ0n) is 14.3. The fourth-order valence-corrected chi connectivity index (χ4v) is 2.71. The fraction of sp³-hybridized carbons (Fsp3) is 0.222. The van der Waals surface area contributed by atoms with Crippen molar-refractivity contribution < 1.29 is 23.1 Å². The Morgan fingerprint density at radius 1 is 1.12 bits per heavy atom. The average Bonchev–Trinajstić information content (AvgIpc) is 2.61. The number of rotatable bonds is 7. The summed E-state index contributed by atoms with van der Waals surface area (Å²) < 4.78 is 31.3. The molecule has 0 saturated heterocycles. The summed E-state index contributed by atoms with van der Waals surface area (Å²) in [4.78, 5) is 25.4. The molecule has 138 valence electrons. The van der Waals surface area contributed by atoms with Crippen LogP contribution >= 0.6 is 11.8 Å². The number of hydrogen-bond acceptors (Lipinski definition) is 5. The highest BCUT2D eigenvalue weighted by Gasteiger charge is 2.11. The molecule has 1 N–H and O–H groups in total. The summed E-state index contributed by atoms with van der Waals surface area (Å²) in [5.74, 6) is -2.63. The van der Waals surface area contributed by atoms with Gasteiger partial charge in [0.1, 0.15) is 11.6 Å². The first kappa shape index (κ1) is 19.7. The monoisotopic (exact) mass is 380 g/mol. The van der Waals surface area contributed by atoms with Crippen LogP contribution in [0, 0.1) is 11.6 Å². The Balaban J connectivity index is 1.76. The van der Waals surface area contributed by atoms with Gasteiger partial charge in [0, 0.05) is 30.4 Å². The molecule has 0 aliphatic rings. The van der Waals surface area contributed by atoms with Gasteiger partial charge < -0.3 is 15.0 Å². The van der Waals surface area contributed by atoms with Crippen molar-refractivity contribution in [2.24, 2.45) is 0 Å². The van der Waals surface area contributed by atoms with Gasteiger partial charge in [-0.2, -0.15) is 0 Å². The molecule has 8 heteroatoms. The van der Waals surface area contributed by atoms with Crippen molar-refractivity contribution in [2.75, 3.05) is 36.7 Å². The van der Waals surface area contributed by atoms with E-state index in [-0.39, 0.29) is 10.6 Å². The van der Waals surface area contributed by atoms with Crippen molar-refractivity contribution in [3.63, 3.8) is 0 Å². The highest BCUT2D eigenvalue weighted by Crippen LogP contribution is 2.22. The van der Waals surface area contributed by atoms with Gasteiger partial charge in [-0.25, -0.2) is 8.78 Å². The molecule has 0 aromatic heterocycles. The van der Waals surface area contributed by atoms with Crippen LogP contribution in [0.25, 0.3) is 0 Å². The summed E-state index contributed by atoms with van der Waals surface area (Å²) in [7, 11) is 3.81. The largest absolute Gasteiger partial charge is 0.455 e. The maximum absolute atomic E-state index is 13.4. The molecule has 5 nitrogen and oxygen atoms in total. The van der Waals surface area contributed by atoms with Crippen molar-refractivity contribution in [3.05, 3.63) is 54.1 Å². The number of thioether (sulfide) groups is 1. The zero-order chi connectivity index (χ0) is 19.1. The van der Waals surface area contributed by atoms with E-state index in [2.05, 4.69) is 5.32 Å². The van der Waals surface area contributed by atoms with Crippen LogP contribution in [0.1, 0.15) is 0 Å². The summed E-state index contributed by atoms with van der Waals surface area (Å²) in [6, 6.07) is 10.1.